The second-order valence-corrected chi connectivity index (χ2v) is 3.91. The first-order valence-corrected chi connectivity index (χ1v) is 5.85. The maximum absolute atomic E-state index is 5.78. The Balaban J connectivity index is 1.92. The van der Waals surface area contributed by atoms with E-state index in [1.54, 1.807) is 7.11 Å². The molecule has 0 amide bonds. The lowest BCUT2D eigenvalue weighted by molar-refractivity contribution is -0.673. The molecule has 0 aliphatic rings. The summed E-state index contributed by atoms with van der Waals surface area (Å²) in [6.45, 7) is 2.58. The van der Waals surface area contributed by atoms with Crippen LogP contribution in [0.15, 0.2) is 46.9 Å². The minimum Gasteiger partial charge on any atom is -0.455 e. The van der Waals surface area contributed by atoms with Crippen molar-refractivity contribution in [1.82, 2.24) is 0 Å². The second kappa shape index (κ2) is 6.23. The third-order valence-electron chi connectivity index (χ3n) is 2.59. The van der Waals surface area contributed by atoms with Crippen LogP contribution in [0.25, 0.3) is 11.3 Å². The van der Waals surface area contributed by atoms with Crippen LogP contribution in [-0.2, 0) is 11.3 Å². The third kappa shape index (κ3) is 3.44. The lowest BCUT2D eigenvalue weighted by Crippen LogP contribution is -2.83. The third-order valence-corrected chi connectivity index (χ3v) is 2.59. The summed E-state index contributed by atoms with van der Waals surface area (Å²) in [5.74, 6) is 1.93. The summed E-state index contributed by atoms with van der Waals surface area (Å²) < 4.78 is 10.8. The summed E-state index contributed by atoms with van der Waals surface area (Å²) in [6, 6.07) is 14.2. The summed E-state index contributed by atoms with van der Waals surface area (Å²) >= 11 is 0. The number of methoxy groups -OCH3 is 1. The summed E-state index contributed by atoms with van der Waals surface area (Å²) in [5, 5.41) is 2.18. The highest BCUT2D eigenvalue weighted by atomic mass is 16.5. The number of quaternary nitrogens is 1. The number of benzene rings is 1. The Morgan fingerprint density at radius 2 is 1.94 bits per heavy atom. The Morgan fingerprint density at radius 1 is 1.12 bits per heavy atom. The number of hydrogen-bond donors (Lipinski definition) is 1. The smallest absolute Gasteiger partial charge is 0.158 e. The Morgan fingerprint density at radius 3 is 2.71 bits per heavy atom. The molecule has 0 atom stereocenters. The van der Waals surface area contributed by atoms with E-state index in [9.17, 15) is 0 Å². The molecule has 1 heterocycles. The molecular formula is C14H18NO2+. The molecule has 0 saturated heterocycles. The quantitative estimate of drug-likeness (QED) is 0.769. The zero-order valence-corrected chi connectivity index (χ0v) is 10.1. The highest BCUT2D eigenvalue weighted by Gasteiger charge is 2.05. The van der Waals surface area contributed by atoms with Gasteiger partial charge in [0.15, 0.2) is 5.76 Å². The van der Waals surface area contributed by atoms with Gasteiger partial charge in [-0.25, -0.2) is 0 Å². The molecular weight excluding hydrogens is 214 g/mol. The van der Waals surface area contributed by atoms with E-state index in [4.69, 9.17) is 9.15 Å². The van der Waals surface area contributed by atoms with E-state index in [0.717, 1.165) is 36.8 Å². The highest BCUT2D eigenvalue weighted by molar-refractivity contribution is 5.57. The van der Waals surface area contributed by atoms with Crippen LogP contribution in [0.4, 0.5) is 0 Å². The van der Waals surface area contributed by atoms with Gasteiger partial charge in [0.2, 0.25) is 0 Å². The van der Waals surface area contributed by atoms with Crippen molar-refractivity contribution >= 4 is 0 Å². The molecule has 17 heavy (non-hydrogen) atoms. The van der Waals surface area contributed by atoms with E-state index >= 15 is 0 Å². The minimum absolute atomic E-state index is 0.770. The van der Waals surface area contributed by atoms with Crippen LogP contribution < -0.4 is 5.32 Å². The van der Waals surface area contributed by atoms with Crippen LogP contribution >= 0.6 is 0 Å². The number of hydrogen-bond acceptors (Lipinski definition) is 2. The SMILES string of the molecule is COCC[NH2+]Cc1ccc(-c2ccccc2)o1. The molecule has 0 unspecified atom stereocenters. The maximum atomic E-state index is 5.78. The lowest BCUT2D eigenvalue weighted by Gasteiger charge is -1.98. The van der Waals surface area contributed by atoms with Gasteiger partial charge in [0.25, 0.3) is 0 Å². The number of ether oxygens (including phenoxy) is 1. The van der Waals surface area contributed by atoms with Crippen molar-refractivity contribution in [3.8, 4) is 11.3 Å². The normalized spacial score (nSPS) is 10.6. The standard InChI is InChI=1S/C14H17NO2/c1-16-10-9-15-11-13-7-8-14(17-13)12-5-3-2-4-6-12/h2-8,15H,9-11H2,1H3/p+1. The molecule has 0 radical (unpaired) electrons. The fourth-order valence-electron chi connectivity index (χ4n) is 1.69. The molecule has 1 aromatic carbocycles. The van der Waals surface area contributed by atoms with Crippen molar-refractivity contribution in [2.45, 2.75) is 6.54 Å². The van der Waals surface area contributed by atoms with E-state index < -0.39 is 0 Å². The zero-order chi connectivity index (χ0) is 11.9. The predicted molar refractivity (Wildman–Crippen MR) is 66.5 cm³/mol. The molecule has 0 bridgehead atoms. The first-order valence-electron chi connectivity index (χ1n) is 5.85. The molecule has 0 aliphatic carbocycles. The van der Waals surface area contributed by atoms with Crippen LogP contribution in [0, 0.1) is 0 Å². The van der Waals surface area contributed by atoms with Gasteiger partial charge in [0.05, 0.1) is 13.2 Å². The molecule has 2 rings (SSSR count). The Kier molecular flexibility index (Phi) is 4.36. The summed E-state index contributed by atoms with van der Waals surface area (Å²) in [7, 11) is 1.72. The summed E-state index contributed by atoms with van der Waals surface area (Å²) in [6.07, 6.45) is 0. The second-order valence-electron chi connectivity index (χ2n) is 3.91. The molecule has 2 N–H and O–H groups in total. The Bertz CT molecular complexity index is 436. The van der Waals surface area contributed by atoms with Gasteiger partial charge in [-0.1, -0.05) is 30.3 Å². The van der Waals surface area contributed by atoms with Gasteiger partial charge >= 0.3 is 0 Å². The van der Waals surface area contributed by atoms with Crippen LogP contribution in [0.1, 0.15) is 5.76 Å². The van der Waals surface area contributed by atoms with E-state index in [0.29, 0.717) is 0 Å². The van der Waals surface area contributed by atoms with E-state index in [2.05, 4.69) is 17.4 Å². The summed E-state index contributed by atoms with van der Waals surface area (Å²) in [5.41, 5.74) is 1.12. The molecule has 3 heteroatoms. The maximum Gasteiger partial charge on any atom is 0.158 e. The van der Waals surface area contributed by atoms with Crippen LogP contribution in [0.5, 0.6) is 0 Å². The van der Waals surface area contributed by atoms with Crippen LogP contribution in [0.3, 0.4) is 0 Å². The van der Waals surface area contributed by atoms with E-state index in [1.165, 1.54) is 0 Å². The zero-order valence-electron chi connectivity index (χ0n) is 10.1. The van der Waals surface area contributed by atoms with Gasteiger partial charge in [0, 0.05) is 12.7 Å². The van der Waals surface area contributed by atoms with Gasteiger partial charge in [-0.05, 0) is 12.1 Å². The van der Waals surface area contributed by atoms with Crippen LogP contribution in [-0.4, -0.2) is 20.3 Å². The van der Waals surface area contributed by atoms with Crippen molar-refractivity contribution in [2.75, 3.05) is 20.3 Å². The minimum atomic E-state index is 0.770. The molecule has 0 spiro atoms. The lowest BCUT2D eigenvalue weighted by atomic mass is 10.2. The average Bonchev–Trinajstić information content (AvgIpc) is 2.85. The van der Waals surface area contributed by atoms with Crippen molar-refractivity contribution < 1.29 is 14.5 Å². The number of rotatable bonds is 6. The van der Waals surface area contributed by atoms with Gasteiger partial charge in [0.1, 0.15) is 12.3 Å². The highest BCUT2D eigenvalue weighted by Crippen LogP contribution is 2.20. The number of furan rings is 1. The van der Waals surface area contributed by atoms with Gasteiger partial charge in [-0.3, -0.25) is 0 Å². The molecule has 0 fully saturated rings. The molecule has 0 aliphatic heterocycles. The van der Waals surface area contributed by atoms with Crippen LogP contribution in [0.2, 0.25) is 0 Å². The Hall–Kier alpha value is -1.58. The molecule has 3 nitrogen and oxygen atoms in total. The monoisotopic (exact) mass is 232 g/mol. The summed E-state index contributed by atoms with van der Waals surface area (Å²) in [4.78, 5) is 0. The predicted octanol–water partition coefficient (Wildman–Crippen LogP) is 1.66. The van der Waals surface area contributed by atoms with Crippen molar-refractivity contribution in [3.05, 3.63) is 48.2 Å². The van der Waals surface area contributed by atoms with Gasteiger partial charge in [-0.15, -0.1) is 0 Å². The topological polar surface area (TPSA) is 39.0 Å². The fraction of sp³-hybridized carbons (Fsp3) is 0.286. The first-order chi connectivity index (χ1) is 8.40. The van der Waals surface area contributed by atoms with Gasteiger partial charge < -0.3 is 14.5 Å². The molecule has 0 saturated carbocycles. The molecule has 90 valence electrons. The number of nitrogens with two attached hydrogens (primary N) is 1. The van der Waals surface area contributed by atoms with Crippen molar-refractivity contribution in [1.29, 1.82) is 0 Å². The molecule has 1 aromatic heterocycles. The largest absolute Gasteiger partial charge is 0.455 e. The molecule has 2 aromatic rings. The van der Waals surface area contributed by atoms with Crippen molar-refractivity contribution in [2.24, 2.45) is 0 Å². The van der Waals surface area contributed by atoms with Gasteiger partial charge in [-0.2, -0.15) is 0 Å². The van der Waals surface area contributed by atoms with E-state index in [1.807, 2.05) is 30.3 Å². The average molecular weight is 232 g/mol. The van der Waals surface area contributed by atoms with Crippen molar-refractivity contribution in [3.63, 3.8) is 0 Å². The fourth-order valence-corrected chi connectivity index (χ4v) is 1.69. The van der Waals surface area contributed by atoms with E-state index in [-0.39, 0.29) is 0 Å². The Labute approximate surface area is 101 Å². The first kappa shape index (κ1) is 11.9.